The number of amides is 2. The Morgan fingerprint density at radius 3 is 2.34 bits per heavy atom. The van der Waals surface area contributed by atoms with Gasteiger partial charge in [-0.25, -0.2) is 0 Å². The number of nitrogens with one attached hydrogen (secondary N) is 1. The largest absolute Gasteiger partial charge is 0.352 e. The Labute approximate surface area is 209 Å². The Morgan fingerprint density at radius 2 is 1.69 bits per heavy atom. The maximum Gasteiger partial charge on any atom is 0.242 e. The first-order chi connectivity index (χ1) is 15.3. The van der Waals surface area contributed by atoms with Crippen LogP contribution in [0, 0.1) is 0 Å². The van der Waals surface area contributed by atoms with Crippen LogP contribution in [0.4, 0.5) is 0 Å². The molecule has 1 fully saturated rings. The van der Waals surface area contributed by atoms with Crippen LogP contribution in [0.15, 0.2) is 42.5 Å². The summed E-state index contributed by atoms with van der Waals surface area (Å²) in [5.41, 5.74) is 1.92. The zero-order valence-corrected chi connectivity index (χ0v) is 21.0. The zero-order valence-electron chi connectivity index (χ0n) is 18.0. The van der Waals surface area contributed by atoms with Crippen molar-refractivity contribution in [1.29, 1.82) is 0 Å². The number of hydrogen-bond acceptors (Lipinski definition) is 3. The molecular formula is C24H27Cl3N2O2S. The predicted octanol–water partition coefficient (Wildman–Crippen LogP) is 6.36. The minimum absolute atomic E-state index is 0.0934. The summed E-state index contributed by atoms with van der Waals surface area (Å²) in [7, 11) is 0. The molecule has 1 N–H and O–H groups in total. The summed E-state index contributed by atoms with van der Waals surface area (Å²) in [6, 6.07) is 12.5. The van der Waals surface area contributed by atoms with Crippen LogP contribution < -0.4 is 5.32 Å². The van der Waals surface area contributed by atoms with E-state index in [0.29, 0.717) is 20.8 Å². The molecular weight excluding hydrogens is 487 g/mol. The van der Waals surface area contributed by atoms with Crippen LogP contribution in [-0.2, 0) is 21.9 Å². The fraction of sp³-hybridized carbons (Fsp3) is 0.417. The standard InChI is InChI=1S/C24H27Cl3N2O2S/c1-16(24(31)28-20-4-2-3-5-20)29(13-18-8-11-21(26)22(27)12-18)23(30)15-32-14-17-6-9-19(25)10-7-17/h6-12,16,20H,2-5,13-15H2,1H3,(H,28,31). The lowest BCUT2D eigenvalue weighted by atomic mass is 10.1. The number of benzene rings is 2. The predicted molar refractivity (Wildman–Crippen MR) is 134 cm³/mol. The summed E-state index contributed by atoms with van der Waals surface area (Å²) < 4.78 is 0. The van der Waals surface area contributed by atoms with Crippen LogP contribution in [0.3, 0.4) is 0 Å². The van der Waals surface area contributed by atoms with Gasteiger partial charge in [0.2, 0.25) is 11.8 Å². The zero-order chi connectivity index (χ0) is 23.1. The van der Waals surface area contributed by atoms with Gasteiger partial charge in [-0.15, -0.1) is 11.8 Å². The van der Waals surface area contributed by atoms with Crippen LogP contribution in [0.1, 0.15) is 43.7 Å². The van der Waals surface area contributed by atoms with Crippen molar-refractivity contribution in [2.24, 2.45) is 0 Å². The molecule has 1 unspecified atom stereocenters. The molecule has 0 radical (unpaired) electrons. The molecule has 1 atom stereocenters. The Kier molecular flexibility index (Phi) is 9.60. The van der Waals surface area contributed by atoms with Gasteiger partial charge < -0.3 is 10.2 Å². The minimum Gasteiger partial charge on any atom is -0.352 e. The molecule has 2 aromatic carbocycles. The molecule has 1 aliphatic rings. The lowest BCUT2D eigenvalue weighted by Crippen LogP contribution is -2.50. The van der Waals surface area contributed by atoms with Gasteiger partial charge in [0.05, 0.1) is 15.8 Å². The van der Waals surface area contributed by atoms with Crippen molar-refractivity contribution in [3.8, 4) is 0 Å². The third kappa shape index (κ3) is 7.31. The molecule has 1 aliphatic carbocycles. The van der Waals surface area contributed by atoms with E-state index in [0.717, 1.165) is 36.8 Å². The molecule has 0 spiro atoms. The van der Waals surface area contributed by atoms with Crippen LogP contribution in [0.25, 0.3) is 0 Å². The molecule has 0 saturated heterocycles. The average molecular weight is 514 g/mol. The molecule has 1 saturated carbocycles. The number of carbonyl (C=O) groups is 2. The summed E-state index contributed by atoms with van der Waals surface area (Å²) in [4.78, 5) is 27.7. The molecule has 8 heteroatoms. The topological polar surface area (TPSA) is 49.4 Å². The van der Waals surface area contributed by atoms with Gasteiger partial charge in [0.15, 0.2) is 0 Å². The number of hydrogen-bond donors (Lipinski definition) is 1. The summed E-state index contributed by atoms with van der Waals surface area (Å²) in [5, 5.41) is 4.68. The van der Waals surface area contributed by atoms with E-state index in [4.69, 9.17) is 34.8 Å². The summed E-state index contributed by atoms with van der Waals surface area (Å²) in [6.07, 6.45) is 4.26. The smallest absolute Gasteiger partial charge is 0.242 e. The lowest BCUT2D eigenvalue weighted by molar-refractivity contribution is -0.138. The second kappa shape index (κ2) is 12.2. The average Bonchev–Trinajstić information content (AvgIpc) is 3.28. The Hall–Kier alpha value is -1.40. The molecule has 0 heterocycles. The van der Waals surface area contributed by atoms with Crippen LogP contribution in [0.2, 0.25) is 15.1 Å². The molecule has 0 aromatic heterocycles. The van der Waals surface area contributed by atoms with E-state index in [1.54, 1.807) is 24.0 Å². The van der Waals surface area contributed by atoms with Gasteiger partial charge >= 0.3 is 0 Å². The molecule has 4 nitrogen and oxygen atoms in total. The SMILES string of the molecule is CC(C(=O)NC1CCCC1)N(Cc1ccc(Cl)c(Cl)c1)C(=O)CSCc1ccc(Cl)cc1. The lowest BCUT2D eigenvalue weighted by Gasteiger charge is -2.30. The van der Waals surface area contributed by atoms with E-state index in [1.165, 1.54) is 11.8 Å². The molecule has 2 amide bonds. The van der Waals surface area contributed by atoms with Crippen LogP contribution in [0.5, 0.6) is 0 Å². The fourth-order valence-electron chi connectivity index (χ4n) is 3.73. The maximum atomic E-state index is 13.2. The quantitative estimate of drug-likeness (QED) is 0.425. The molecule has 32 heavy (non-hydrogen) atoms. The van der Waals surface area contributed by atoms with Gasteiger partial charge in [-0.2, -0.15) is 0 Å². The van der Waals surface area contributed by atoms with E-state index in [9.17, 15) is 9.59 Å². The molecule has 0 aliphatic heterocycles. The Balaban J connectivity index is 1.67. The van der Waals surface area contributed by atoms with E-state index in [2.05, 4.69) is 5.32 Å². The molecule has 172 valence electrons. The van der Waals surface area contributed by atoms with Gasteiger partial charge in [0.25, 0.3) is 0 Å². The summed E-state index contributed by atoms with van der Waals surface area (Å²) in [6.45, 7) is 2.07. The van der Waals surface area contributed by atoms with Gasteiger partial charge in [0.1, 0.15) is 6.04 Å². The monoisotopic (exact) mass is 512 g/mol. The highest BCUT2D eigenvalue weighted by Gasteiger charge is 2.28. The van der Waals surface area contributed by atoms with Crippen molar-refractivity contribution in [2.75, 3.05) is 5.75 Å². The third-order valence-corrected chi connectivity index (χ3v) is 7.59. The second-order valence-corrected chi connectivity index (χ2v) is 10.3. The molecule has 2 aromatic rings. The summed E-state index contributed by atoms with van der Waals surface area (Å²) >= 11 is 19.7. The van der Waals surface area contributed by atoms with Gasteiger partial charge in [-0.3, -0.25) is 9.59 Å². The number of rotatable bonds is 9. The van der Waals surface area contributed by atoms with Crippen molar-refractivity contribution in [1.82, 2.24) is 10.2 Å². The fourth-order valence-corrected chi connectivity index (χ4v) is 5.05. The van der Waals surface area contributed by atoms with Gasteiger partial charge in [-0.1, -0.05) is 65.8 Å². The number of thioether (sulfide) groups is 1. The second-order valence-electron chi connectivity index (χ2n) is 8.06. The summed E-state index contributed by atoms with van der Waals surface area (Å²) in [5.74, 6) is 0.745. The Morgan fingerprint density at radius 1 is 1.03 bits per heavy atom. The third-order valence-electron chi connectivity index (χ3n) is 5.61. The molecule has 0 bridgehead atoms. The minimum atomic E-state index is -0.589. The number of halogens is 3. The van der Waals surface area contributed by atoms with E-state index in [1.807, 2.05) is 30.3 Å². The van der Waals surface area contributed by atoms with Crippen LogP contribution >= 0.6 is 46.6 Å². The first-order valence-corrected chi connectivity index (χ1v) is 13.0. The van der Waals surface area contributed by atoms with E-state index < -0.39 is 6.04 Å². The highest BCUT2D eigenvalue weighted by atomic mass is 35.5. The molecule has 3 rings (SSSR count). The van der Waals surface area contributed by atoms with Gasteiger partial charge in [0, 0.05) is 23.4 Å². The van der Waals surface area contributed by atoms with Gasteiger partial charge in [-0.05, 0) is 55.2 Å². The van der Waals surface area contributed by atoms with Crippen molar-refractivity contribution >= 4 is 58.4 Å². The normalized spacial score (nSPS) is 14.9. The highest BCUT2D eigenvalue weighted by Crippen LogP contribution is 2.25. The number of carbonyl (C=O) groups excluding carboxylic acids is 2. The van der Waals surface area contributed by atoms with Crippen molar-refractivity contribution in [3.05, 3.63) is 68.7 Å². The van der Waals surface area contributed by atoms with Crippen molar-refractivity contribution in [3.63, 3.8) is 0 Å². The van der Waals surface area contributed by atoms with Crippen molar-refractivity contribution < 1.29 is 9.59 Å². The van der Waals surface area contributed by atoms with Crippen LogP contribution in [-0.4, -0.2) is 34.6 Å². The number of nitrogens with zero attached hydrogens (tertiary/aromatic N) is 1. The van der Waals surface area contributed by atoms with E-state index in [-0.39, 0.29) is 30.2 Å². The Bertz CT molecular complexity index is 933. The first kappa shape index (κ1) is 25.2. The highest BCUT2D eigenvalue weighted by molar-refractivity contribution is 7.99. The van der Waals surface area contributed by atoms with E-state index >= 15 is 0 Å². The first-order valence-electron chi connectivity index (χ1n) is 10.7. The maximum absolute atomic E-state index is 13.2. The van der Waals surface area contributed by atoms with Crippen molar-refractivity contribution in [2.45, 2.75) is 57.0 Å².